The molecule has 0 aliphatic carbocycles. The lowest BCUT2D eigenvalue weighted by atomic mass is 10.1. The van der Waals surface area contributed by atoms with Crippen LogP contribution in [0.1, 0.15) is 5.56 Å². The number of halogens is 1. The van der Waals surface area contributed by atoms with Gasteiger partial charge in [-0.15, -0.1) is 0 Å². The summed E-state index contributed by atoms with van der Waals surface area (Å²) in [6.45, 7) is 0. The molecule has 0 aliphatic heterocycles. The second kappa shape index (κ2) is 8.08. The lowest BCUT2D eigenvalue weighted by Gasteiger charge is -2.07. The number of hydrogen-bond donors (Lipinski definition) is 1. The zero-order chi connectivity index (χ0) is 18.4. The summed E-state index contributed by atoms with van der Waals surface area (Å²) in [5.74, 6) is -0.113. The Balaban J connectivity index is 2.25. The highest BCUT2D eigenvalue weighted by Crippen LogP contribution is 2.25. The van der Waals surface area contributed by atoms with E-state index in [2.05, 4.69) is 21.2 Å². The van der Waals surface area contributed by atoms with Gasteiger partial charge >= 0.3 is 0 Å². The number of carbonyl (C=O) groups excluding carboxylic acids is 1. The molecule has 0 saturated heterocycles. The average Bonchev–Trinajstić information content (AvgIpc) is 2.60. The molecule has 0 heterocycles. The summed E-state index contributed by atoms with van der Waals surface area (Å²) < 4.78 is 5.98. The monoisotopic (exact) mass is 401 g/mol. The van der Waals surface area contributed by atoms with Crippen LogP contribution in [0, 0.1) is 21.4 Å². The van der Waals surface area contributed by atoms with Gasteiger partial charge in [0.2, 0.25) is 0 Å². The number of non-ortho nitro benzene ring substituents is 1. The van der Waals surface area contributed by atoms with E-state index in [4.69, 9.17) is 4.74 Å². The topological polar surface area (TPSA) is 105 Å². The number of rotatable bonds is 5. The van der Waals surface area contributed by atoms with E-state index < -0.39 is 10.8 Å². The first-order chi connectivity index (χ1) is 11.9. The Hall–Kier alpha value is -3.18. The smallest absolute Gasteiger partial charge is 0.269 e. The highest BCUT2D eigenvalue weighted by atomic mass is 79.9. The second-order valence-electron chi connectivity index (χ2n) is 4.81. The van der Waals surface area contributed by atoms with E-state index in [0.29, 0.717) is 17.0 Å². The minimum Gasteiger partial charge on any atom is -0.496 e. The van der Waals surface area contributed by atoms with Gasteiger partial charge in [0.25, 0.3) is 11.6 Å². The summed E-state index contributed by atoms with van der Waals surface area (Å²) >= 11 is 3.32. The Morgan fingerprint density at radius 3 is 2.56 bits per heavy atom. The molecule has 2 aromatic carbocycles. The van der Waals surface area contributed by atoms with Crippen molar-refractivity contribution < 1.29 is 14.5 Å². The number of nitriles is 1. The maximum Gasteiger partial charge on any atom is 0.269 e. The molecule has 1 amide bonds. The summed E-state index contributed by atoms with van der Waals surface area (Å²) in [4.78, 5) is 22.4. The summed E-state index contributed by atoms with van der Waals surface area (Å²) in [6.07, 6.45) is 1.41. The van der Waals surface area contributed by atoms with E-state index in [1.807, 2.05) is 6.07 Å². The van der Waals surface area contributed by atoms with Crippen LogP contribution in [0.15, 0.2) is 52.5 Å². The van der Waals surface area contributed by atoms with Crippen molar-refractivity contribution in [2.45, 2.75) is 0 Å². The zero-order valence-corrected chi connectivity index (χ0v) is 14.6. The molecule has 0 spiro atoms. The molecule has 25 heavy (non-hydrogen) atoms. The Morgan fingerprint density at radius 1 is 1.32 bits per heavy atom. The molecule has 0 radical (unpaired) electrons. The van der Waals surface area contributed by atoms with Crippen molar-refractivity contribution in [3.8, 4) is 11.8 Å². The highest BCUT2D eigenvalue weighted by molar-refractivity contribution is 9.10. The first-order valence-corrected chi connectivity index (χ1v) is 7.75. The lowest BCUT2D eigenvalue weighted by Crippen LogP contribution is -2.13. The first-order valence-electron chi connectivity index (χ1n) is 6.95. The number of carbonyl (C=O) groups is 1. The van der Waals surface area contributed by atoms with Crippen LogP contribution >= 0.6 is 15.9 Å². The third-order valence-corrected chi connectivity index (χ3v) is 3.69. The summed E-state index contributed by atoms with van der Waals surface area (Å²) in [7, 11) is 1.49. The van der Waals surface area contributed by atoms with E-state index in [9.17, 15) is 20.2 Å². The van der Waals surface area contributed by atoms with Gasteiger partial charge in [0.15, 0.2) is 0 Å². The van der Waals surface area contributed by atoms with Gasteiger partial charge < -0.3 is 10.1 Å². The standard InChI is InChI=1S/C17H12BrN3O4/c1-25-16-7-2-13(18)9-11(16)8-12(10-19)17(22)20-14-3-5-15(6-4-14)21(23)24/h2-9H,1H3,(H,20,22)/b12-8+. The number of nitro benzene ring substituents is 1. The Labute approximate surface area is 151 Å². The quantitative estimate of drug-likeness (QED) is 0.353. The number of nitro groups is 1. The second-order valence-corrected chi connectivity index (χ2v) is 5.73. The van der Waals surface area contributed by atoms with Gasteiger partial charge in [0.05, 0.1) is 12.0 Å². The normalized spacial score (nSPS) is 10.7. The average molecular weight is 402 g/mol. The molecule has 0 atom stereocenters. The highest BCUT2D eigenvalue weighted by Gasteiger charge is 2.12. The van der Waals surface area contributed by atoms with Crippen molar-refractivity contribution in [2.75, 3.05) is 12.4 Å². The van der Waals surface area contributed by atoms with Crippen molar-refractivity contribution in [1.29, 1.82) is 5.26 Å². The Kier molecular flexibility index (Phi) is 5.87. The summed E-state index contributed by atoms with van der Waals surface area (Å²) in [5.41, 5.74) is 0.688. The summed E-state index contributed by atoms with van der Waals surface area (Å²) in [5, 5.41) is 22.4. The molecule has 7 nitrogen and oxygen atoms in total. The number of benzene rings is 2. The number of hydrogen-bond acceptors (Lipinski definition) is 5. The molecule has 126 valence electrons. The lowest BCUT2D eigenvalue weighted by molar-refractivity contribution is -0.384. The maximum atomic E-state index is 12.3. The summed E-state index contributed by atoms with van der Waals surface area (Å²) in [6, 6.07) is 12.4. The molecule has 2 aromatic rings. The van der Waals surface area contributed by atoms with Crippen LogP contribution in [0.3, 0.4) is 0 Å². The van der Waals surface area contributed by atoms with Gasteiger partial charge in [0, 0.05) is 27.9 Å². The first kappa shape index (κ1) is 18.2. The van der Waals surface area contributed by atoms with Crippen LogP contribution in [0.25, 0.3) is 6.08 Å². The van der Waals surface area contributed by atoms with E-state index in [0.717, 1.165) is 4.47 Å². The minimum atomic E-state index is -0.626. The molecule has 8 heteroatoms. The van der Waals surface area contributed by atoms with Crippen molar-refractivity contribution in [2.24, 2.45) is 0 Å². The molecule has 1 N–H and O–H groups in total. The molecule has 0 unspecified atom stereocenters. The predicted octanol–water partition coefficient (Wildman–Crippen LogP) is 3.91. The SMILES string of the molecule is COc1ccc(Br)cc1/C=C(\C#N)C(=O)Nc1ccc([N+](=O)[O-])cc1. The molecule has 0 aromatic heterocycles. The molecular formula is C17H12BrN3O4. The van der Waals surface area contributed by atoms with Crippen LogP contribution in [0.2, 0.25) is 0 Å². The fourth-order valence-electron chi connectivity index (χ4n) is 1.99. The van der Waals surface area contributed by atoms with Crippen molar-refractivity contribution in [3.63, 3.8) is 0 Å². The number of nitrogens with zero attached hydrogens (tertiary/aromatic N) is 2. The molecule has 0 saturated carbocycles. The molecule has 0 fully saturated rings. The predicted molar refractivity (Wildman–Crippen MR) is 96.0 cm³/mol. The molecule has 2 rings (SSSR count). The van der Waals surface area contributed by atoms with Crippen molar-refractivity contribution in [1.82, 2.24) is 0 Å². The number of nitrogens with one attached hydrogen (secondary N) is 1. The molecule has 0 aliphatic rings. The van der Waals surface area contributed by atoms with Gasteiger partial charge in [0.1, 0.15) is 17.4 Å². The minimum absolute atomic E-state index is 0.0899. The Morgan fingerprint density at radius 2 is 2.00 bits per heavy atom. The number of amides is 1. The number of methoxy groups -OCH3 is 1. The molecular weight excluding hydrogens is 390 g/mol. The Bertz CT molecular complexity index is 886. The fraction of sp³-hybridized carbons (Fsp3) is 0.0588. The largest absolute Gasteiger partial charge is 0.496 e. The van der Waals surface area contributed by atoms with Gasteiger partial charge in [-0.25, -0.2) is 0 Å². The van der Waals surface area contributed by atoms with E-state index in [-0.39, 0.29) is 11.3 Å². The number of anilines is 1. The van der Waals surface area contributed by atoms with Gasteiger partial charge in [-0.3, -0.25) is 14.9 Å². The number of ether oxygens (including phenoxy) is 1. The van der Waals surface area contributed by atoms with Crippen LogP contribution in [-0.2, 0) is 4.79 Å². The van der Waals surface area contributed by atoms with Crippen LogP contribution in [-0.4, -0.2) is 17.9 Å². The maximum absolute atomic E-state index is 12.3. The van der Waals surface area contributed by atoms with Crippen molar-refractivity contribution in [3.05, 3.63) is 68.2 Å². The van der Waals surface area contributed by atoms with Gasteiger partial charge in [-0.2, -0.15) is 5.26 Å². The van der Waals surface area contributed by atoms with E-state index in [1.165, 1.54) is 37.5 Å². The third kappa shape index (κ3) is 4.65. The van der Waals surface area contributed by atoms with Gasteiger partial charge in [-0.05, 0) is 36.4 Å². The van der Waals surface area contributed by atoms with Crippen LogP contribution in [0.5, 0.6) is 5.75 Å². The van der Waals surface area contributed by atoms with Crippen LogP contribution in [0.4, 0.5) is 11.4 Å². The van der Waals surface area contributed by atoms with E-state index in [1.54, 1.807) is 18.2 Å². The van der Waals surface area contributed by atoms with Crippen molar-refractivity contribution >= 4 is 39.3 Å². The zero-order valence-electron chi connectivity index (χ0n) is 13.0. The van der Waals surface area contributed by atoms with E-state index >= 15 is 0 Å². The van der Waals surface area contributed by atoms with Gasteiger partial charge in [-0.1, -0.05) is 15.9 Å². The third-order valence-electron chi connectivity index (χ3n) is 3.19. The fourth-order valence-corrected chi connectivity index (χ4v) is 2.37. The molecule has 0 bridgehead atoms. The van der Waals surface area contributed by atoms with Crippen LogP contribution < -0.4 is 10.1 Å².